The lowest BCUT2D eigenvalue weighted by Crippen LogP contribution is -2.30. The van der Waals surface area contributed by atoms with Crippen LogP contribution in [0.15, 0.2) is 89.8 Å². The van der Waals surface area contributed by atoms with Crippen LogP contribution in [0.25, 0.3) is 11.1 Å². The van der Waals surface area contributed by atoms with E-state index in [1.165, 1.54) is 12.1 Å². The minimum atomic E-state index is -4.91. The van der Waals surface area contributed by atoms with Gasteiger partial charge in [-0.1, -0.05) is 65.7 Å². The highest BCUT2D eigenvalue weighted by molar-refractivity contribution is 7.89. The molecule has 0 bridgehead atoms. The molecular formula is C27H19Cl2F4NO3S. The molecule has 4 nitrogen and oxygen atoms in total. The molecule has 0 saturated carbocycles. The van der Waals surface area contributed by atoms with Crippen LogP contribution >= 0.6 is 23.2 Å². The van der Waals surface area contributed by atoms with E-state index in [0.29, 0.717) is 28.3 Å². The van der Waals surface area contributed by atoms with E-state index in [9.17, 15) is 31.1 Å². The van der Waals surface area contributed by atoms with Crippen molar-refractivity contribution in [1.82, 2.24) is 4.31 Å². The highest BCUT2D eigenvalue weighted by Crippen LogP contribution is 2.40. The second-order valence-corrected chi connectivity index (χ2v) is 11.2. The maximum atomic E-state index is 13.7. The van der Waals surface area contributed by atoms with Crippen molar-refractivity contribution in [2.24, 2.45) is 0 Å². The summed E-state index contributed by atoms with van der Waals surface area (Å²) >= 11 is 11.7. The summed E-state index contributed by atoms with van der Waals surface area (Å²) < 4.78 is 82.1. The molecule has 0 aliphatic rings. The standard InChI is InChI=1S/C27H19Cl2F4NO3S/c28-22-8-6-19(7-9-22)20-3-1-2-18(12-20)16-34(15-17-4-10-23(30)11-5-17)38(36,37)25-14-21(27(31,32)33)13-24(29)26(25)35/h1-14,35H,15-16H2. The Bertz CT molecular complexity index is 1560. The van der Waals surface area contributed by atoms with Crippen molar-refractivity contribution >= 4 is 33.2 Å². The van der Waals surface area contributed by atoms with Gasteiger partial charge in [0.05, 0.1) is 10.6 Å². The Labute approximate surface area is 226 Å². The SMILES string of the molecule is O=S(=O)(c1cc(C(F)(F)F)cc(Cl)c1O)N(Cc1ccc(F)cc1)Cc1cccc(-c2ccc(Cl)cc2)c1. The lowest BCUT2D eigenvalue weighted by molar-refractivity contribution is -0.137. The van der Waals surface area contributed by atoms with Crippen LogP contribution in [0.1, 0.15) is 16.7 Å². The highest BCUT2D eigenvalue weighted by atomic mass is 35.5. The molecule has 38 heavy (non-hydrogen) atoms. The molecule has 0 spiro atoms. The van der Waals surface area contributed by atoms with Gasteiger partial charge in [0.2, 0.25) is 10.0 Å². The van der Waals surface area contributed by atoms with Crippen LogP contribution < -0.4 is 0 Å². The molecule has 0 atom stereocenters. The molecule has 0 radical (unpaired) electrons. The van der Waals surface area contributed by atoms with E-state index in [1.54, 1.807) is 42.5 Å². The van der Waals surface area contributed by atoms with Crippen molar-refractivity contribution < 1.29 is 31.1 Å². The molecule has 0 aliphatic heterocycles. The van der Waals surface area contributed by atoms with Crippen molar-refractivity contribution in [2.45, 2.75) is 24.2 Å². The van der Waals surface area contributed by atoms with E-state index in [2.05, 4.69) is 0 Å². The molecule has 0 aliphatic carbocycles. The molecule has 0 amide bonds. The zero-order valence-corrected chi connectivity index (χ0v) is 21.7. The number of sulfonamides is 1. The first kappa shape index (κ1) is 27.9. The van der Waals surface area contributed by atoms with Crippen molar-refractivity contribution in [3.05, 3.63) is 117 Å². The van der Waals surface area contributed by atoms with Gasteiger partial charge in [0, 0.05) is 18.1 Å². The molecular weight excluding hydrogens is 565 g/mol. The van der Waals surface area contributed by atoms with Gasteiger partial charge in [0.15, 0.2) is 5.75 Å². The summed E-state index contributed by atoms with van der Waals surface area (Å²) in [7, 11) is -4.74. The van der Waals surface area contributed by atoms with E-state index in [4.69, 9.17) is 23.2 Å². The second kappa shape index (κ2) is 10.9. The van der Waals surface area contributed by atoms with Gasteiger partial charge in [-0.05, 0) is 64.7 Å². The largest absolute Gasteiger partial charge is 0.505 e. The van der Waals surface area contributed by atoms with Gasteiger partial charge < -0.3 is 5.11 Å². The van der Waals surface area contributed by atoms with E-state index in [-0.39, 0.29) is 13.1 Å². The number of nitrogens with zero attached hydrogens (tertiary/aromatic N) is 1. The van der Waals surface area contributed by atoms with E-state index in [0.717, 1.165) is 27.6 Å². The van der Waals surface area contributed by atoms with E-state index >= 15 is 0 Å². The Kier molecular flexibility index (Phi) is 8.04. The molecule has 0 unspecified atom stereocenters. The minimum absolute atomic E-state index is 0.269. The van der Waals surface area contributed by atoms with E-state index in [1.807, 2.05) is 6.07 Å². The smallest absolute Gasteiger partial charge is 0.416 e. The first-order valence-corrected chi connectivity index (χ1v) is 13.2. The van der Waals surface area contributed by atoms with Crippen LogP contribution in [0.5, 0.6) is 5.75 Å². The van der Waals surface area contributed by atoms with Crippen molar-refractivity contribution in [1.29, 1.82) is 0 Å². The molecule has 4 aromatic carbocycles. The molecule has 0 aromatic heterocycles. The zero-order valence-electron chi connectivity index (χ0n) is 19.4. The van der Waals surface area contributed by atoms with Gasteiger partial charge >= 0.3 is 6.18 Å². The Morgan fingerprint density at radius 1 is 0.789 bits per heavy atom. The predicted octanol–water partition coefficient (Wildman–Crippen LogP) is 7.92. The third-order valence-electron chi connectivity index (χ3n) is 5.71. The Hall–Kier alpha value is -3.11. The lowest BCUT2D eigenvalue weighted by Gasteiger charge is -2.24. The normalized spacial score (nSPS) is 12.2. The van der Waals surface area contributed by atoms with Gasteiger partial charge in [-0.2, -0.15) is 17.5 Å². The maximum absolute atomic E-state index is 13.7. The van der Waals surface area contributed by atoms with Crippen LogP contribution in [0.2, 0.25) is 10.0 Å². The monoisotopic (exact) mass is 583 g/mol. The number of phenols is 1. The van der Waals surface area contributed by atoms with Crippen LogP contribution in [-0.2, 0) is 29.3 Å². The minimum Gasteiger partial charge on any atom is -0.505 e. The average Bonchev–Trinajstić information content (AvgIpc) is 2.86. The molecule has 0 heterocycles. The molecule has 4 aromatic rings. The predicted molar refractivity (Wildman–Crippen MR) is 138 cm³/mol. The van der Waals surface area contributed by atoms with Gasteiger partial charge in [-0.25, -0.2) is 12.8 Å². The second-order valence-electron chi connectivity index (χ2n) is 8.41. The number of aromatic hydroxyl groups is 1. The highest BCUT2D eigenvalue weighted by Gasteiger charge is 2.36. The number of rotatable bonds is 7. The summed E-state index contributed by atoms with van der Waals surface area (Å²) in [5.41, 5.74) is 1.13. The topological polar surface area (TPSA) is 57.6 Å². The van der Waals surface area contributed by atoms with Gasteiger partial charge in [-0.3, -0.25) is 0 Å². The summed E-state index contributed by atoms with van der Waals surface area (Å²) in [6.07, 6.45) is -4.91. The summed E-state index contributed by atoms with van der Waals surface area (Å²) in [4.78, 5) is -0.992. The number of hydrogen-bond acceptors (Lipinski definition) is 3. The lowest BCUT2D eigenvalue weighted by atomic mass is 10.0. The summed E-state index contributed by atoms with van der Waals surface area (Å²) in [5.74, 6) is -1.54. The fourth-order valence-electron chi connectivity index (χ4n) is 3.79. The van der Waals surface area contributed by atoms with Gasteiger partial charge in [0.25, 0.3) is 0 Å². The van der Waals surface area contributed by atoms with Crippen LogP contribution in [0, 0.1) is 5.82 Å². The average molecular weight is 584 g/mol. The fourth-order valence-corrected chi connectivity index (χ4v) is 5.74. The molecule has 1 N–H and O–H groups in total. The first-order valence-electron chi connectivity index (χ1n) is 11.0. The fraction of sp³-hybridized carbons (Fsp3) is 0.111. The van der Waals surface area contributed by atoms with Crippen LogP contribution in [0.3, 0.4) is 0 Å². The maximum Gasteiger partial charge on any atom is 0.416 e. The summed E-state index contributed by atoms with van der Waals surface area (Å²) in [6.45, 7) is -0.588. The number of phenolic OH excluding ortho intramolecular Hbond substituents is 1. The Morgan fingerprint density at radius 3 is 2.05 bits per heavy atom. The van der Waals surface area contributed by atoms with Gasteiger partial charge in [0.1, 0.15) is 10.7 Å². The molecule has 11 heteroatoms. The van der Waals surface area contributed by atoms with Crippen molar-refractivity contribution in [3.8, 4) is 16.9 Å². The Balaban J connectivity index is 1.79. The molecule has 0 fully saturated rings. The number of hydrogen-bond donors (Lipinski definition) is 1. The zero-order chi connectivity index (χ0) is 27.7. The summed E-state index contributed by atoms with van der Waals surface area (Å²) in [5, 5.41) is 10.2. The summed E-state index contributed by atoms with van der Waals surface area (Å²) in [6, 6.07) is 19.7. The third kappa shape index (κ3) is 6.30. The third-order valence-corrected chi connectivity index (χ3v) is 8.05. The van der Waals surface area contributed by atoms with Crippen LogP contribution in [0.4, 0.5) is 17.6 Å². The van der Waals surface area contributed by atoms with Gasteiger partial charge in [-0.15, -0.1) is 0 Å². The molecule has 4 rings (SSSR count). The first-order chi connectivity index (χ1) is 17.8. The Morgan fingerprint density at radius 2 is 1.42 bits per heavy atom. The number of benzene rings is 4. The molecule has 0 saturated heterocycles. The van der Waals surface area contributed by atoms with E-state index < -0.39 is 43.2 Å². The van der Waals surface area contributed by atoms with Crippen molar-refractivity contribution in [3.63, 3.8) is 0 Å². The molecule has 198 valence electrons. The number of halogens is 6. The number of alkyl halides is 3. The van der Waals surface area contributed by atoms with Crippen LogP contribution in [-0.4, -0.2) is 17.8 Å². The van der Waals surface area contributed by atoms with Crippen molar-refractivity contribution in [2.75, 3.05) is 0 Å². The quantitative estimate of drug-likeness (QED) is 0.225.